The number of rotatable bonds is 6. The van der Waals surface area contributed by atoms with Crippen molar-refractivity contribution < 1.29 is 18.7 Å². The van der Waals surface area contributed by atoms with E-state index in [-0.39, 0.29) is 11.6 Å². The first-order valence-electron chi connectivity index (χ1n) is 10.5. The molecule has 2 aromatic carbocycles. The van der Waals surface area contributed by atoms with Crippen LogP contribution in [0.1, 0.15) is 27.7 Å². The Bertz CT molecular complexity index is 881. The molecule has 1 heterocycles. The molecular weight excluding hydrogens is 403 g/mol. The maximum absolute atomic E-state index is 11.5. The highest BCUT2D eigenvalue weighted by Crippen LogP contribution is 2.38. The molecule has 0 N–H and O–H groups in total. The first-order chi connectivity index (χ1) is 14.7. The minimum absolute atomic E-state index is 0.169. The van der Waals surface area contributed by atoms with Crippen LogP contribution in [0.2, 0.25) is 5.04 Å². The number of terminal acetylenes is 1. The second kappa shape index (κ2) is 9.44. The number of carbonyl (C=O) groups is 1. The molecule has 6 heteroatoms. The lowest BCUT2D eigenvalue weighted by atomic mass is 9.88. The largest absolute Gasteiger partial charge is 0.459 e. The summed E-state index contributed by atoms with van der Waals surface area (Å²) < 4.78 is 18.2. The van der Waals surface area contributed by atoms with E-state index in [1.807, 2.05) is 36.4 Å². The van der Waals surface area contributed by atoms with Crippen molar-refractivity contribution in [3.05, 3.63) is 60.7 Å². The van der Waals surface area contributed by atoms with Gasteiger partial charge in [-0.3, -0.25) is 4.79 Å². The summed E-state index contributed by atoms with van der Waals surface area (Å²) in [5.41, 5.74) is 0. The zero-order chi connectivity index (χ0) is 22.6. The Hall–Kier alpha value is -2.33. The van der Waals surface area contributed by atoms with Crippen molar-refractivity contribution in [1.29, 1.82) is 0 Å². The summed E-state index contributed by atoms with van der Waals surface area (Å²) in [7, 11) is 3.36. The van der Waals surface area contributed by atoms with Gasteiger partial charge < -0.3 is 13.9 Å². The van der Waals surface area contributed by atoms with Crippen LogP contribution in [0.5, 0.6) is 0 Å². The predicted octanol–water partition coefficient (Wildman–Crippen LogP) is 2.64. The molecule has 160 valence electrons. The Balaban J connectivity index is 1.99. The van der Waals surface area contributed by atoms with E-state index >= 15 is 0 Å². The highest BCUT2D eigenvalue weighted by atomic mass is 28.4. The van der Waals surface area contributed by atoms with Crippen molar-refractivity contribution in [3.63, 3.8) is 0 Å². The van der Waals surface area contributed by atoms with Crippen LogP contribution in [-0.2, 0) is 18.7 Å². The normalized spacial score (nSPS) is 23.8. The van der Waals surface area contributed by atoms with Crippen molar-refractivity contribution in [2.24, 2.45) is 5.92 Å². The van der Waals surface area contributed by atoms with Gasteiger partial charge in [0.25, 0.3) is 8.32 Å². The highest BCUT2D eigenvalue weighted by Gasteiger charge is 2.52. The number of carbonyl (C=O) groups excluding carboxylic acids is 1. The van der Waals surface area contributed by atoms with Crippen LogP contribution in [0.4, 0.5) is 0 Å². The number of esters is 1. The first kappa shape index (κ1) is 23.3. The molecule has 1 fully saturated rings. The second-order valence-corrected chi connectivity index (χ2v) is 13.2. The van der Waals surface area contributed by atoms with E-state index < -0.39 is 38.4 Å². The molecular formula is C25H29BO4Si. The molecule has 4 nitrogen and oxygen atoms in total. The third kappa shape index (κ3) is 4.64. The van der Waals surface area contributed by atoms with Crippen molar-refractivity contribution in [2.45, 2.75) is 50.9 Å². The fourth-order valence-corrected chi connectivity index (χ4v) is 9.00. The molecule has 0 spiro atoms. The standard InChI is InChI=1S/C25H29BO4Si/c1-6-21-22(30-24(26)23(21)29-18(2)27)17-28-31(25(3,4)5,19-13-9-7-10-14-19)20-15-11-8-12-16-20/h1,7-16,21-24H,17H2,2-5H3/t21-,22-,23-,24-/m1/s1. The molecule has 0 saturated carbocycles. The molecule has 1 aliphatic heterocycles. The minimum atomic E-state index is -2.73. The van der Waals surface area contributed by atoms with Crippen LogP contribution in [0.25, 0.3) is 0 Å². The summed E-state index contributed by atoms with van der Waals surface area (Å²) >= 11 is 0. The van der Waals surface area contributed by atoms with Crippen LogP contribution < -0.4 is 10.4 Å². The number of benzene rings is 2. The average molecular weight is 432 g/mol. The van der Waals surface area contributed by atoms with E-state index in [0.717, 1.165) is 0 Å². The summed E-state index contributed by atoms with van der Waals surface area (Å²) in [6.45, 7) is 8.22. The quantitative estimate of drug-likeness (QED) is 0.400. The summed E-state index contributed by atoms with van der Waals surface area (Å²) in [5, 5.41) is 2.17. The van der Waals surface area contributed by atoms with Gasteiger partial charge in [0.05, 0.1) is 24.6 Å². The van der Waals surface area contributed by atoms with Crippen LogP contribution in [0, 0.1) is 18.3 Å². The summed E-state index contributed by atoms with van der Waals surface area (Å²) in [4.78, 5) is 11.5. The van der Waals surface area contributed by atoms with Gasteiger partial charge in [-0.25, -0.2) is 0 Å². The number of hydrogen-bond donors (Lipinski definition) is 0. The van der Waals surface area contributed by atoms with Crippen molar-refractivity contribution in [1.82, 2.24) is 0 Å². The Morgan fingerprint density at radius 3 is 2.03 bits per heavy atom. The van der Waals surface area contributed by atoms with Crippen molar-refractivity contribution >= 4 is 32.5 Å². The highest BCUT2D eigenvalue weighted by molar-refractivity contribution is 6.99. The van der Waals surface area contributed by atoms with Gasteiger partial charge in [-0.2, -0.15) is 0 Å². The van der Waals surface area contributed by atoms with Gasteiger partial charge in [-0.1, -0.05) is 87.4 Å². The fourth-order valence-electron chi connectivity index (χ4n) is 4.43. The molecule has 31 heavy (non-hydrogen) atoms. The molecule has 0 bridgehead atoms. The van der Waals surface area contributed by atoms with E-state index in [0.29, 0.717) is 0 Å². The average Bonchev–Trinajstić information content (AvgIpc) is 3.03. The Labute approximate surface area is 187 Å². The van der Waals surface area contributed by atoms with Crippen LogP contribution in [0.15, 0.2) is 60.7 Å². The third-order valence-electron chi connectivity index (χ3n) is 5.79. The topological polar surface area (TPSA) is 44.8 Å². The lowest BCUT2D eigenvalue weighted by Gasteiger charge is -2.43. The lowest BCUT2D eigenvalue weighted by Crippen LogP contribution is -2.67. The summed E-state index contributed by atoms with van der Waals surface area (Å²) in [6, 6.07) is 19.9. The molecule has 3 rings (SSSR count). The van der Waals surface area contributed by atoms with E-state index in [1.54, 1.807) is 0 Å². The SMILES string of the molecule is [B][C@@H]1O[C@H](CO[Si](c2ccccc2)(c2ccccc2)C(C)(C)C)[C@@H](C#C)[C@H]1OC(C)=O. The van der Waals surface area contributed by atoms with Gasteiger partial charge in [-0.05, 0) is 15.4 Å². The maximum atomic E-state index is 11.5. The van der Waals surface area contributed by atoms with Crippen LogP contribution >= 0.6 is 0 Å². The van der Waals surface area contributed by atoms with Gasteiger partial charge in [0.2, 0.25) is 0 Å². The Morgan fingerprint density at radius 1 is 1.10 bits per heavy atom. The maximum Gasteiger partial charge on any atom is 0.303 e. The molecule has 4 atom stereocenters. The Kier molecular flexibility index (Phi) is 7.10. The molecule has 1 saturated heterocycles. The molecule has 0 unspecified atom stereocenters. The zero-order valence-electron chi connectivity index (χ0n) is 18.6. The van der Waals surface area contributed by atoms with Gasteiger partial charge in [0.15, 0.2) is 0 Å². The Morgan fingerprint density at radius 2 is 1.61 bits per heavy atom. The lowest BCUT2D eigenvalue weighted by molar-refractivity contribution is -0.148. The molecule has 1 aliphatic rings. The van der Waals surface area contributed by atoms with Gasteiger partial charge in [0, 0.05) is 6.92 Å². The van der Waals surface area contributed by atoms with Gasteiger partial charge >= 0.3 is 5.97 Å². The van der Waals surface area contributed by atoms with E-state index in [4.69, 9.17) is 28.2 Å². The van der Waals surface area contributed by atoms with Crippen molar-refractivity contribution in [2.75, 3.05) is 6.61 Å². The molecule has 0 amide bonds. The van der Waals surface area contributed by atoms with Crippen molar-refractivity contribution in [3.8, 4) is 12.3 Å². The minimum Gasteiger partial charge on any atom is -0.459 e. The zero-order valence-corrected chi connectivity index (χ0v) is 19.6. The summed E-state index contributed by atoms with van der Waals surface area (Å²) in [6.07, 6.45) is 4.63. The predicted molar refractivity (Wildman–Crippen MR) is 126 cm³/mol. The third-order valence-corrected chi connectivity index (χ3v) is 10.8. The molecule has 0 aromatic heterocycles. The molecule has 2 aromatic rings. The molecule has 2 radical (unpaired) electrons. The monoisotopic (exact) mass is 432 g/mol. The van der Waals surface area contributed by atoms with E-state index in [9.17, 15) is 4.79 Å². The van der Waals surface area contributed by atoms with E-state index in [2.05, 4.69) is 51.0 Å². The number of hydrogen-bond acceptors (Lipinski definition) is 4. The first-order valence-corrected chi connectivity index (χ1v) is 12.4. The van der Waals surface area contributed by atoms with E-state index in [1.165, 1.54) is 17.3 Å². The van der Waals surface area contributed by atoms with Crippen LogP contribution in [0.3, 0.4) is 0 Å². The molecule has 0 aliphatic carbocycles. The fraction of sp³-hybridized carbons (Fsp3) is 0.400. The number of ether oxygens (including phenoxy) is 2. The smallest absolute Gasteiger partial charge is 0.303 e. The second-order valence-electron chi connectivity index (χ2n) is 8.88. The van der Waals surface area contributed by atoms with Crippen LogP contribution in [-0.4, -0.2) is 47.0 Å². The summed E-state index contributed by atoms with van der Waals surface area (Å²) in [5.74, 6) is 1.80. The van der Waals surface area contributed by atoms with Gasteiger partial charge in [0.1, 0.15) is 14.0 Å². The van der Waals surface area contributed by atoms with Gasteiger partial charge in [-0.15, -0.1) is 6.42 Å².